The van der Waals surface area contributed by atoms with E-state index in [1.165, 1.54) is 9.75 Å². The van der Waals surface area contributed by atoms with Crippen LogP contribution < -0.4 is 0 Å². The summed E-state index contributed by atoms with van der Waals surface area (Å²) < 4.78 is 0. The first-order chi connectivity index (χ1) is 9.83. The van der Waals surface area contributed by atoms with Crippen molar-refractivity contribution >= 4 is 40.6 Å². The van der Waals surface area contributed by atoms with Crippen molar-refractivity contribution in [3.63, 3.8) is 0 Å². The van der Waals surface area contributed by atoms with Crippen LogP contribution in [0.1, 0.15) is 35.4 Å². The molecule has 2 heterocycles. The zero-order valence-corrected chi connectivity index (χ0v) is 12.8. The zero-order chi connectivity index (χ0) is 13.8. The second-order valence-electron chi connectivity index (χ2n) is 4.91. The molecule has 20 heavy (non-hydrogen) atoms. The van der Waals surface area contributed by atoms with Crippen LogP contribution in [0.2, 0.25) is 0 Å². The van der Waals surface area contributed by atoms with Crippen LogP contribution in [0.3, 0.4) is 0 Å². The molecule has 2 aromatic rings. The highest BCUT2D eigenvalue weighted by molar-refractivity contribution is 7.11. The van der Waals surface area contributed by atoms with Crippen LogP contribution in [0.5, 0.6) is 0 Å². The lowest BCUT2D eigenvalue weighted by Crippen LogP contribution is -2.03. The average Bonchev–Trinajstić information content (AvgIpc) is 3.10. The molecule has 0 aromatic carbocycles. The first-order valence-electron chi connectivity index (χ1n) is 6.86. The van der Waals surface area contributed by atoms with E-state index in [0.29, 0.717) is 0 Å². The molecule has 0 atom stereocenters. The molecule has 0 bridgehead atoms. The Hall–Kier alpha value is -1.45. The van der Waals surface area contributed by atoms with Crippen LogP contribution in [0.4, 0.5) is 0 Å². The predicted molar refractivity (Wildman–Crippen MR) is 88.1 cm³/mol. The summed E-state index contributed by atoms with van der Waals surface area (Å²) in [5, 5.41) is 4.10. The quantitative estimate of drug-likeness (QED) is 0.534. The molecule has 2 aromatic heterocycles. The molecular weight excluding hydrogens is 284 g/mol. The Morgan fingerprint density at radius 3 is 1.75 bits per heavy atom. The number of hydrogen-bond donors (Lipinski definition) is 0. The van der Waals surface area contributed by atoms with E-state index < -0.39 is 0 Å². The molecule has 0 unspecified atom stereocenters. The van der Waals surface area contributed by atoms with Crippen molar-refractivity contribution in [3.05, 3.63) is 55.9 Å². The SMILES string of the molecule is O=C1/C(=C\c2cccs2)CCCC/C1=C/c1cccs1. The van der Waals surface area contributed by atoms with Gasteiger partial charge in [-0.1, -0.05) is 12.1 Å². The lowest BCUT2D eigenvalue weighted by atomic mass is 10.0. The number of ketones is 1. The standard InChI is InChI=1S/C17H16OS2/c18-17-13(11-15-7-3-9-19-15)5-1-2-6-14(17)12-16-8-4-10-20-16/h3-4,7-12H,1-2,5-6H2/b13-11-,14-12-. The summed E-state index contributed by atoms with van der Waals surface area (Å²) in [4.78, 5) is 15.0. The van der Waals surface area contributed by atoms with Crippen LogP contribution in [0, 0.1) is 0 Å². The number of allylic oxidation sites excluding steroid dienone is 2. The molecular formula is C17H16OS2. The Bertz CT molecular complexity index is 574. The average molecular weight is 300 g/mol. The number of rotatable bonds is 2. The molecule has 1 aliphatic rings. The molecule has 0 spiro atoms. The smallest absolute Gasteiger partial charge is 0.185 e. The molecule has 1 fully saturated rings. The fourth-order valence-corrected chi connectivity index (χ4v) is 3.79. The van der Waals surface area contributed by atoms with E-state index in [-0.39, 0.29) is 5.78 Å². The second-order valence-corrected chi connectivity index (χ2v) is 6.86. The van der Waals surface area contributed by atoms with Crippen molar-refractivity contribution in [3.8, 4) is 0 Å². The van der Waals surface area contributed by atoms with E-state index >= 15 is 0 Å². The largest absolute Gasteiger partial charge is 0.289 e. The van der Waals surface area contributed by atoms with Gasteiger partial charge in [-0.05, 0) is 60.7 Å². The Kier molecular flexibility index (Phi) is 4.28. The van der Waals surface area contributed by atoms with E-state index in [1.54, 1.807) is 22.7 Å². The second kappa shape index (κ2) is 6.33. The van der Waals surface area contributed by atoms with E-state index in [1.807, 2.05) is 12.1 Å². The minimum atomic E-state index is 0.240. The molecule has 3 rings (SSSR count). The third kappa shape index (κ3) is 3.17. The molecule has 0 radical (unpaired) electrons. The lowest BCUT2D eigenvalue weighted by molar-refractivity contribution is -0.112. The molecule has 3 heteroatoms. The van der Waals surface area contributed by atoms with Gasteiger partial charge in [-0.2, -0.15) is 0 Å². The first kappa shape index (κ1) is 13.5. The maximum atomic E-state index is 12.7. The van der Waals surface area contributed by atoms with Crippen LogP contribution >= 0.6 is 22.7 Å². The molecule has 1 nitrogen and oxygen atoms in total. The van der Waals surface area contributed by atoms with Gasteiger partial charge < -0.3 is 0 Å². The van der Waals surface area contributed by atoms with Crippen molar-refractivity contribution in [1.82, 2.24) is 0 Å². The zero-order valence-electron chi connectivity index (χ0n) is 11.2. The van der Waals surface area contributed by atoms with E-state index in [0.717, 1.165) is 36.8 Å². The molecule has 0 saturated heterocycles. The van der Waals surface area contributed by atoms with Gasteiger partial charge in [-0.25, -0.2) is 0 Å². The number of hydrogen-bond acceptors (Lipinski definition) is 3. The van der Waals surface area contributed by atoms with Gasteiger partial charge in [0.15, 0.2) is 5.78 Å². The van der Waals surface area contributed by atoms with E-state index in [2.05, 4.69) is 35.0 Å². The normalized spacial score (nSPS) is 20.5. The van der Waals surface area contributed by atoms with Gasteiger partial charge in [0.25, 0.3) is 0 Å². The fraction of sp³-hybridized carbons (Fsp3) is 0.235. The third-order valence-electron chi connectivity index (χ3n) is 3.44. The lowest BCUT2D eigenvalue weighted by Gasteiger charge is -2.04. The molecule has 1 aliphatic carbocycles. The summed E-state index contributed by atoms with van der Waals surface area (Å²) in [7, 11) is 0. The van der Waals surface area contributed by atoms with Gasteiger partial charge in [0.1, 0.15) is 0 Å². The molecule has 102 valence electrons. The monoisotopic (exact) mass is 300 g/mol. The van der Waals surface area contributed by atoms with Crippen molar-refractivity contribution < 1.29 is 4.79 Å². The molecule has 0 N–H and O–H groups in total. The predicted octanol–water partition coefficient (Wildman–Crippen LogP) is 5.42. The third-order valence-corrected chi connectivity index (χ3v) is 5.08. The summed E-state index contributed by atoms with van der Waals surface area (Å²) in [5.41, 5.74) is 1.93. The van der Waals surface area contributed by atoms with Crippen molar-refractivity contribution in [2.24, 2.45) is 0 Å². The molecule has 1 saturated carbocycles. The summed E-state index contributed by atoms with van der Waals surface area (Å²) in [6.07, 6.45) is 8.15. The highest BCUT2D eigenvalue weighted by Gasteiger charge is 2.19. The number of Topliss-reactive ketones (excluding diaryl/α,β-unsaturated/α-hetero) is 1. The van der Waals surface area contributed by atoms with Crippen molar-refractivity contribution in [2.75, 3.05) is 0 Å². The Labute approximate surface area is 127 Å². The van der Waals surface area contributed by atoms with Crippen molar-refractivity contribution in [1.29, 1.82) is 0 Å². The van der Waals surface area contributed by atoms with Gasteiger partial charge in [0.2, 0.25) is 0 Å². The van der Waals surface area contributed by atoms with Gasteiger partial charge in [-0.15, -0.1) is 22.7 Å². The Balaban J connectivity index is 1.91. The van der Waals surface area contributed by atoms with Gasteiger partial charge in [0.05, 0.1) is 0 Å². The summed E-state index contributed by atoms with van der Waals surface area (Å²) in [6.45, 7) is 0. The minimum Gasteiger partial charge on any atom is -0.289 e. The highest BCUT2D eigenvalue weighted by atomic mass is 32.1. The van der Waals surface area contributed by atoms with Crippen molar-refractivity contribution in [2.45, 2.75) is 25.7 Å². The number of thiophene rings is 2. The molecule has 0 aliphatic heterocycles. The number of carbonyl (C=O) groups excluding carboxylic acids is 1. The summed E-state index contributed by atoms with van der Waals surface area (Å²) >= 11 is 3.37. The van der Waals surface area contributed by atoms with Crippen LogP contribution in [-0.2, 0) is 4.79 Å². The summed E-state index contributed by atoms with van der Waals surface area (Å²) in [5.74, 6) is 0.240. The van der Waals surface area contributed by atoms with Gasteiger partial charge in [0, 0.05) is 20.9 Å². The van der Waals surface area contributed by atoms with Crippen LogP contribution in [0.15, 0.2) is 46.2 Å². The maximum Gasteiger partial charge on any atom is 0.185 e. The Morgan fingerprint density at radius 2 is 1.35 bits per heavy atom. The van der Waals surface area contributed by atoms with Gasteiger partial charge >= 0.3 is 0 Å². The van der Waals surface area contributed by atoms with E-state index in [4.69, 9.17) is 0 Å². The highest BCUT2D eigenvalue weighted by Crippen LogP contribution is 2.28. The first-order valence-corrected chi connectivity index (χ1v) is 8.62. The topological polar surface area (TPSA) is 17.1 Å². The van der Waals surface area contributed by atoms with Gasteiger partial charge in [-0.3, -0.25) is 4.79 Å². The number of carbonyl (C=O) groups is 1. The minimum absolute atomic E-state index is 0.240. The van der Waals surface area contributed by atoms with Crippen LogP contribution in [0.25, 0.3) is 12.2 Å². The molecule has 0 amide bonds. The maximum absolute atomic E-state index is 12.7. The fourth-order valence-electron chi connectivity index (χ4n) is 2.43. The summed E-state index contributed by atoms with van der Waals surface area (Å²) in [6, 6.07) is 8.19. The van der Waals surface area contributed by atoms with E-state index in [9.17, 15) is 4.79 Å². The van der Waals surface area contributed by atoms with Crippen LogP contribution in [-0.4, -0.2) is 5.78 Å². The Morgan fingerprint density at radius 1 is 0.850 bits per heavy atom.